The van der Waals surface area contributed by atoms with Gasteiger partial charge in [-0.15, -0.1) is 11.8 Å². The number of thioether (sulfide) groups is 1. The lowest BCUT2D eigenvalue weighted by atomic mass is 10.2. The Kier molecular flexibility index (Phi) is 6.40. The monoisotopic (exact) mass is 330 g/mol. The van der Waals surface area contributed by atoms with Crippen LogP contribution in [0.25, 0.3) is 0 Å². The third kappa shape index (κ3) is 4.69. The van der Waals surface area contributed by atoms with E-state index in [0.717, 1.165) is 28.5 Å². The molecule has 0 aliphatic heterocycles. The zero-order chi connectivity index (χ0) is 16.7. The van der Waals surface area contributed by atoms with Crippen LogP contribution in [-0.4, -0.2) is 33.7 Å². The van der Waals surface area contributed by atoms with E-state index in [0.29, 0.717) is 0 Å². The summed E-state index contributed by atoms with van der Waals surface area (Å²) in [7, 11) is 1.77. The fourth-order valence-electron chi connectivity index (χ4n) is 2.03. The number of benzene rings is 1. The Labute approximate surface area is 141 Å². The Bertz CT molecular complexity index is 636. The summed E-state index contributed by atoms with van der Waals surface area (Å²) in [6.45, 7) is 4.09. The Balaban J connectivity index is 2.07. The van der Waals surface area contributed by atoms with Crippen molar-refractivity contribution in [2.75, 3.05) is 18.1 Å². The molecule has 23 heavy (non-hydrogen) atoms. The van der Waals surface area contributed by atoms with Crippen LogP contribution in [-0.2, 0) is 0 Å². The molecule has 0 spiro atoms. The summed E-state index contributed by atoms with van der Waals surface area (Å²) in [5.41, 5.74) is 1.66. The molecule has 1 aromatic carbocycles. The highest BCUT2D eigenvalue weighted by atomic mass is 32.2. The number of carbonyl (C=O) groups is 1. The number of urea groups is 1. The van der Waals surface area contributed by atoms with Crippen LogP contribution in [0.2, 0.25) is 0 Å². The molecular weight excluding hydrogens is 308 g/mol. The van der Waals surface area contributed by atoms with E-state index in [1.165, 1.54) is 6.33 Å². The minimum Gasteiger partial charge on any atom is -0.319 e. The number of amides is 2. The van der Waals surface area contributed by atoms with Gasteiger partial charge in [0.1, 0.15) is 6.33 Å². The fraction of sp³-hybridized carbons (Fsp3) is 0.353. The first-order chi connectivity index (χ1) is 11.1. The van der Waals surface area contributed by atoms with Crippen molar-refractivity contribution < 1.29 is 4.79 Å². The van der Waals surface area contributed by atoms with Crippen molar-refractivity contribution in [2.45, 2.75) is 31.2 Å². The lowest BCUT2D eigenvalue weighted by Gasteiger charge is -2.25. The first-order valence-electron chi connectivity index (χ1n) is 7.65. The maximum Gasteiger partial charge on any atom is 0.322 e. The van der Waals surface area contributed by atoms with Crippen LogP contribution >= 0.6 is 11.8 Å². The van der Waals surface area contributed by atoms with Gasteiger partial charge in [0.15, 0.2) is 0 Å². The van der Waals surface area contributed by atoms with Crippen molar-refractivity contribution in [2.24, 2.45) is 0 Å². The third-order valence-electron chi connectivity index (χ3n) is 3.52. The van der Waals surface area contributed by atoms with E-state index in [4.69, 9.17) is 0 Å². The molecule has 0 saturated carbocycles. The molecule has 6 heteroatoms. The maximum atomic E-state index is 12.5. The standard InChI is InChI=1S/C17H22N4OS/c1-4-11-23-16-8-6-5-7-15(16)20-17(22)21(3)13(2)14-9-10-18-12-19-14/h5-10,12-13H,4,11H2,1-3H3,(H,20,22)/t13-/m0/s1. The molecule has 5 nitrogen and oxygen atoms in total. The molecule has 2 rings (SSSR count). The first-order valence-corrected chi connectivity index (χ1v) is 8.63. The van der Waals surface area contributed by atoms with Gasteiger partial charge in [0, 0.05) is 18.1 Å². The molecule has 1 atom stereocenters. The van der Waals surface area contributed by atoms with E-state index >= 15 is 0 Å². The Morgan fingerprint density at radius 3 is 2.83 bits per heavy atom. The number of nitrogens with zero attached hydrogens (tertiary/aromatic N) is 3. The number of carbonyl (C=O) groups excluding carboxylic acids is 1. The Morgan fingerprint density at radius 2 is 2.13 bits per heavy atom. The van der Waals surface area contributed by atoms with E-state index in [-0.39, 0.29) is 12.1 Å². The summed E-state index contributed by atoms with van der Waals surface area (Å²) in [5, 5.41) is 2.99. The molecular formula is C17H22N4OS. The van der Waals surface area contributed by atoms with Crippen molar-refractivity contribution in [1.29, 1.82) is 0 Å². The third-order valence-corrected chi connectivity index (χ3v) is 4.80. The summed E-state index contributed by atoms with van der Waals surface area (Å²) in [5.74, 6) is 1.03. The summed E-state index contributed by atoms with van der Waals surface area (Å²) in [4.78, 5) is 23.4. The Hall–Kier alpha value is -2.08. The predicted octanol–water partition coefficient (Wildman–Crippen LogP) is 4.20. The van der Waals surface area contributed by atoms with Crippen molar-refractivity contribution in [3.05, 3.63) is 48.5 Å². The number of rotatable bonds is 6. The van der Waals surface area contributed by atoms with E-state index in [9.17, 15) is 4.79 Å². The predicted molar refractivity (Wildman–Crippen MR) is 94.7 cm³/mol. The van der Waals surface area contributed by atoms with Crippen molar-refractivity contribution >= 4 is 23.5 Å². The molecule has 1 heterocycles. The Morgan fingerprint density at radius 1 is 1.35 bits per heavy atom. The first kappa shape index (κ1) is 17.3. The van der Waals surface area contributed by atoms with Crippen LogP contribution in [0.5, 0.6) is 0 Å². The normalized spacial score (nSPS) is 11.8. The van der Waals surface area contributed by atoms with Gasteiger partial charge >= 0.3 is 6.03 Å². The summed E-state index contributed by atoms with van der Waals surface area (Å²) in [6.07, 6.45) is 4.27. The van der Waals surface area contributed by atoms with E-state index in [1.54, 1.807) is 29.9 Å². The van der Waals surface area contributed by atoms with Crippen molar-refractivity contribution in [3.63, 3.8) is 0 Å². The topological polar surface area (TPSA) is 58.1 Å². The highest BCUT2D eigenvalue weighted by Gasteiger charge is 2.19. The largest absolute Gasteiger partial charge is 0.322 e. The average Bonchev–Trinajstić information content (AvgIpc) is 2.60. The van der Waals surface area contributed by atoms with E-state index < -0.39 is 0 Å². The molecule has 122 valence electrons. The van der Waals surface area contributed by atoms with Gasteiger partial charge in [-0.3, -0.25) is 0 Å². The second-order valence-corrected chi connectivity index (χ2v) is 6.33. The molecule has 0 aliphatic rings. The smallest absolute Gasteiger partial charge is 0.319 e. The second kappa shape index (κ2) is 8.53. The van der Waals surface area contributed by atoms with E-state index in [1.807, 2.05) is 37.3 Å². The van der Waals surface area contributed by atoms with Crippen LogP contribution in [0.4, 0.5) is 10.5 Å². The summed E-state index contributed by atoms with van der Waals surface area (Å²) < 4.78 is 0. The quantitative estimate of drug-likeness (QED) is 0.806. The van der Waals surface area contributed by atoms with Gasteiger partial charge in [-0.05, 0) is 37.3 Å². The van der Waals surface area contributed by atoms with Crippen LogP contribution < -0.4 is 5.32 Å². The average molecular weight is 330 g/mol. The zero-order valence-electron chi connectivity index (χ0n) is 13.7. The van der Waals surface area contributed by atoms with Crippen molar-refractivity contribution in [3.8, 4) is 0 Å². The lowest BCUT2D eigenvalue weighted by molar-refractivity contribution is 0.207. The van der Waals surface area contributed by atoms with Gasteiger partial charge in [0.25, 0.3) is 0 Å². The number of hydrogen-bond acceptors (Lipinski definition) is 4. The molecule has 0 aliphatic carbocycles. The molecule has 2 amide bonds. The molecule has 1 N–H and O–H groups in total. The highest BCUT2D eigenvalue weighted by molar-refractivity contribution is 7.99. The molecule has 0 bridgehead atoms. The van der Waals surface area contributed by atoms with Gasteiger partial charge in [-0.2, -0.15) is 0 Å². The number of para-hydroxylation sites is 1. The van der Waals surface area contributed by atoms with Gasteiger partial charge in [0.2, 0.25) is 0 Å². The molecule has 0 radical (unpaired) electrons. The minimum absolute atomic E-state index is 0.131. The van der Waals surface area contributed by atoms with Gasteiger partial charge in [-0.1, -0.05) is 19.1 Å². The van der Waals surface area contributed by atoms with E-state index in [2.05, 4.69) is 22.2 Å². The number of hydrogen-bond donors (Lipinski definition) is 1. The zero-order valence-corrected chi connectivity index (χ0v) is 14.5. The molecule has 0 saturated heterocycles. The molecule has 1 aromatic heterocycles. The van der Waals surface area contributed by atoms with Crippen LogP contribution in [0.15, 0.2) is 47.8 Å². The number of anilines is 1. The number of nitrogens with one attached hydrogen (secondary N) is 1. The minimum atomic E-state index is -0.152. The second-order valence-electron chi connectivity index (χ2n) is 5.20. The van der Waals surface area contributed by atoms with Crippen LogP contribution in [0.3, 0.4) is 0 Å². The van der Waals surface area contributed by atoms with Crippen molar-refractivity contribution in [1.82, 2.24) is 14.9 Å². The maximum absolute atomic E-state index is 12.5. The van der Waals surface area contributed by atoms with Crippen LogP contribution in [0.1, 0.15) is 32.0 Å². The molecule has 0 unspecified atom stereocenters. The summed E-state index contributed by atoms with van der Waals surface area (Å²) in [6, 6.07) is 9.41. The lowest BCUT2D eigenvalue weighted by Crippen LogP contribution is -2.34. The van der Waals surface area contributed by atoms with Gasteiger partial charge < -0.3 is 10.2 Å². The molecule has 0 fully saturated rings. The molecule has 2 aromatic rings. The number of aromatic nitrogens is 2. The fourth-order valence-corrected chi connectivity index (χ4v) is 2.91. The summed E-state index contributed by atoms with van der Waals surface area (Å²) >= 11 is 1.75. The highest BCUT2D eigenvalue weighted by Crippen LogP contribution is 2.28. The van der Waals surface area contributed by atoms with Gasteiger partial charge in [0.05, 0.1) is 17.4 Å². The van der Waals surface area contributed by atoms with Crippen LogP contribution in [0, 0.1) is 0 Å². The SMILES string of the molecule is CCCSc1ccccc1NC(=O)N(C)[C@@H](C)c1ccncn1. The van der Waals surface area contributed by atoms with Gasteiger partial charge in [-0.25, -0.2) is 14.8 Å².